The molecule has 2 heterocycles. The Hall–Kier alpha value is -1.61. The highest BCUT2D eigenvalue weighted by Crippen LogP contribution is 2.41. The van der Waals surface area contributed by atoms with Crippen LogP contribution in [0.15, 0.2) is 6.33 Å². The highest BCUT2D eigenvalue weighted by Gasteiger charge is 2.18. The van der Waals surface area contributed by atoms with Crippen LogP contribution < -0.4 is 5.73 Å². The van der Waals surface area contributed by atoms with Gasteiger partial charge in [-0.2, -0.15) is 0 Å². The molecular weight excluding hydrogens is 287 g/mol. The van der Waals surface area contributed by atoms with E-state index in [0.29, 0.717) is 17.7 Å². The number of nitrogen functional groups attached to an aromatic ring is 1. The zero-order chi connectivity index (χ0) is 14.6. The molecule has 11 heteroatoms. The monoisotopic (exact) mass is 302 g/mol. The maximum Gasteiger partial charge on any atom is 0.353 e. The molecule has 0 aliphatic carbocycles. The lowest BCUT2D eigenvalue weighted by Crippen LogP contribution is -2.09. The summed E-state index contributed by atoms with van der Waals surface area (Å²) < 4.78 is 22.6. The van der Waals surface area contributed by atoms with Crippen LogP contribution in [0.4, 0.5) is 5.82 Å². The summed E-state index contributed by atoms with van der Waals surface area (Å²) >= 11 is 0. The van der Waals surface area contributed by atoms with Gasteiger partial charge in [-0.25, -0.2) is 14.6 Å². The second kappa shape index (κ2) is 6.23. The summed E-state index contributed by atoms with van der Waals surface area (Å²) in [5.41, 5.74) is 6.53. The van der Waals surface area contributed by atoms with Gasteiger partial charge in [0.25, 0.3) is 0 Å². The molecule has 0 radical (unpaired) electrons. The molecule has 0 aromatic carbocycles. The summed E-state index contributed by atoms with van der Waals surface area (Å²) in [5.74, 6) is 0.248. The fourth-order valence-electron chi connectivity index (χ4n) is 1.53. The molecule has 1 unspecified atom stereocenters. The molecule has 2 aromatic rings. The Morgan fingerprint density at radius 1 is 1.50 bits per heavy atom. The molecule has 0 aliphatic rings. The molecule has 20 heavy (non-hydrogen) atoms. The van der Waals surface area contributed by atoms with Crippen molar-refractivity contribution in [3.63, 3.8) is 0 Å². The van der Waals surface area contributed by atoms with E-state index in [1.54, 1.807) is 6.92 Å². The molecule has 110 valence electrons. The summed E-state index contributed by atoms with van der Waals surface area (Å²) in [6, 6.07) is 0. The van der Waals surface area contributed by atoms with Crippen LogP contribution in [-0.2, 0) is 20.4 Å². The molecule has 1 atom stereocenters. The third-order valence-electron chi connectivity index (χ3n) is 2.36. The van der Waals surface area contributed by atoms with E-state index >= 15 is 0 Å². The standard InChI is InChI=1S/C9H15N6O4P/c1-2-19-20(16,17)6-18-4-3-15-9-7(13-14-15)8(10)11-5-12-9/h5H,2-4,6H2,1H3,(H,16,17)(H2,10,11,12). The third kappa shape index (κ3) is 3.48. The second-order valence-electron chi connectivity index (χ2n) is 3.84. The Morgan fingerprint density at radius 2 is 2.30 bits per heavy atom. The summed E-state index contributed by atoms with van der Waals surface area (Å²) in [7, 11) is -3.67. The fraction of sp³-hybridized carbons (Fsp3) is 0.556. The maximum atomic E-state index is 11.4. The smallest absolute Gasteiger partial charge is 0.353 e. The molecule has 0 amide bonds. The van der Waals surface area contributed by atoms with Crippen LogP contribution in [0, 0.1) is 0 Å². The molecule has 0 bridgehead atoms. The van der Waals surface area contributed by atoms with Crippen molar-refractivity contribution in [3.8, 4) is 0 Å². The first-order chi connectivity index (χ1) is 9.53. The first-order valence-electron chi connectivity index (χ1n) is 5.87. The Balaban J connectivity index is 1.91. The van der Waals surface area contributed by atoms with E-state index in [9.17, 15) is 9.46 Å². The molecule has 2 rings (SSSR count). The molecule has 3 N–H and O–H groups in total. The number of anilines is 1. The average Bonchev–Trinajstić information content (AvgIpc) is 2.79. The van der Waals surface area contributed by atoms with Gasteiger partial charge in [-0.3, -0.25) is 4.57 Å². The largest absolute Gasteiger partial charge is 0.382 e. The van der Waals surface area contributed by atoms with Gasteiger partial charge in [-0.15, -0.1) is 5.10 Å². The van der Waals surface area contributed by atoms with E-state index in [2.05, 4.69) is 24.8 Å². The van der Waals surface area contributed by atoms with E-state index < -0.39 is 7.60 Å². The van der Waals surface area contributed by atoms with E-state index in [1.807, 2.05) is 0 Å². The summed E-state index contributed by atoms with van der Waals surface area (Å²) in [6.07, 6.45) is 0.944. The fourth-order valence-corrected chi connectivity index (χ4v) is 2.37. The highest BCUT2D eigenvalue weighted by atomic mass is 31.2. The van der Waals surface area contributed by atoms with Crippen LogP contribution in [-0.4, -0.2) is 49.4 Å². The Kier molecular flexibility index (Phi) is 4.61. The molecule has 0 saturated carbocycles. The molecule has 0 fully saturated rings. The molecule has 0 aliphatic heterocycles. The normalized spacial score (nSPS) is 14.5. The van der Waals surface area contributed by atoms with Crippen molar-refractivity contribution >= 4 is 24.6 Å². The minimum Gasteiger partial charge on any atom is -0.382 e. The van der Waals surface area contributed by atoms with Crippen molar-refractivity contribution in [1.29, 1.82) is 0 Å². The first-order valence-corrected chi connectivity index (χ1v) is 7.63. The van der Waals surface area contributed by atoms with Gasteiger partial charge >= 0.3 is 7.60 Å². The lowest BCUT2D eigenvalue weighted by molar-refractivity contribution is 0.137. The lowest BCUT2D eigenvalue weighted by Gasteiger charge is -2.10. The third-order valence-corrected chi connectivity index (χ3v) is 3.53. The molecular formula is C9H15N6O4P. The van der Waals surface area contributed by atoms with Crippen LogP contribution in [0.25, 0.3) is 11.2 Å². The van der Waals surface area contributed by atoms with Crippen molar-refractivity contribution in [2.75, 3.05) is 25.3 Å². The highest BCUT2D eigenvalue weighted by molar-refractivity contribution is 7.52. The van der Waals surface area contributed by atoms with E-state index in [1.165, 1.54) is 11.0 Å². The van der Waals surface area contributed by atoms with Gasteiger partial charge in [0, 0.05) is 0 Å². The van der Waals surface area contributed by atoms with Crippen molar-refractivity contribution in [1.82, 2.24) is 25.0 Å². The summed E-state index contributed by atoms with van der Waals surface area (Å²) in [5, 5.41) is 7.72. The van der Waals surface area contributed by atoms with E-state index in [4.69, 9.17) is 10.5 Å². The van der Waals surface area contributed by atoms with Crippen LogP contribution >= 0.6 is 7.60 Å². The van der Waals surface area contributed by atoms with Gasteiger partial charge in [0.2, 0.25) is 0 Å². The predicted octanol–water partition coefficient (Wildman–Crippen LogP) is -0.000500. The second-order valence-corrected chi connectivity index (χ2v) is 5.63. The van der Waals surface area contributed by atoms with Crippen LogP contribution in [0.1, 0.15) is 6.92 Å². The van der Waals surface area contributed by atoms with Crippen molar-refractivity contribution in [2.24, 2.45) is 0 Å². The van der Waals surface area contributed by atoms with Gasteiger partial charge < -0.3 is 19.9 Å². The Morgan fingerprint density at radius 3 is 3.05 bits per heavy atom. The number of nitrogens with zero attached hydrogens (tertiary/aromatic N) is 5. The van der Waals surface area contributed by atoms with Crippen LogP contribution in [0.3, 0.4) is 0 Å². The van der Waals surface area contributed by atoms with Crippen LogP contribution in [0.5, 0.6) is 0 Å². The maximum absolute atomic E-state index is 11.4. The predicted molar refractivity (Wildman–Crippen MR) is 69.8 cm³/mol. The molecule has 2 aromatic heterocycles. The molecule has 0 spiro atoms. The SMILES string of the molecule is CCOP(=O)(O)COCCn1nnc2c(N)ncnc21. The zero-order valence-electron chi connectivity index (χ0n) is 10.8. The Bertz CT molecular complexity index is 632. The van der Waals surface area contributed by atoms with Gasteiger partial charge in [-0.05, 0) is 6.92 Å². The summed E-state index contributed by atoms with van der Waals surface area (Å²) in [6.45, 7) is 2.27. The number of rotatable bonds is 7. The number of nitrogens with two attached hydrogens (primary N) is 1. The van der Waals surface area contributed by atoms with Crippen molar-refractivity contribution in [2.45, 2.75) is 13.5 Å². The van der Waals surface area contributed by atoms with Crippen molar-refractivity contribution in [3.05, 3.63) is 6.33 Å². The van der Waals surface area contributed by atoms with Gasteiger partial charge in [0.15, 0.2) is 17.0 Å². The van der Waals surface area contributed by atoms with E-state index in [0.717, 1.165) is 0 Å². The van der Waals surface area contributed by atoms with Crippen LogP contribution in [0.2, 0.25) is 0 Å². The van der Waals surface area contributed by atoms with E-state index in [-0.39, 0.29) is 25.4 Å². The van der Waals surface area contributed by atoms with Gasteiger partial charge in [-0.1, -0.05) is 5.21 Å². The minimum absolute atomic E-state index is 0.154. The summed E-state index contributed by atoms with van der Waals surface area (Å²) in [4.78, 5) is 17.1. The number of fused-ring (bicyclic) bond motifs is 1. The number of aromatic nitrogens is 5. The molecule has 10 nitrogen and oxygen atoms in total. The minimum atomic E-state index is -3.67. The average molecular weight is 302 g/mol. The quantitative estimate of drug-likeness (QED) is 0.534. The number of hydrogen-bond donors (Lipinski definition) is 2. The number of ether oxygens (including phenoxy) is 1. The number of hydrogen-bond acceptors (Lipinski definition) is 8. The Labute approximate surface area is 114 Å². The van der Waals surface area contributed by atoms with Gasteiger partial charge in [0.05, 0.1) is 19.8 Å². The van der Waals surface area contributed by atoms with Crippen molar-refractivity contribution < 1.29 is 18.7 Å². The molecule has 0 saturated heterocycles. The first kappa shape index (κ1) is 14.8. The zero-order valence-corrected chi connectivity index (χ0v) is 11.7. The topological polar surface area (TPSA) is 138 Å². The lowest BCUT2D eigenvalue weighted by atomic mass is 10.5. The van der Waals surface area contributed by atoms with Gasteiger partial charge in [0.1, 0.15) is 12.7 Å².